The minimum atomic E-state index is -0.476. The van der Waals surface area contributed by atoms with Crippen LogP contribution in [-0.2, 0) is 11.3 Å². The summed E-state index contributed by atoms with van der Waals surface area (Å²) in [6.45, 7) is 0.0856. The Morgan fingerprint density at radius 2 is 2.04 bits per heavy atom. The molecule has 0 saturated carbocycles. The van der Waals surface area contributed by atoms with Gasteiger partial charge in [-0.2, -0.15) is 5.26 Å². The Balaban J connectivity index is 1.65. The molecule has 0 atom stereocenters. The van der Waals surface area contributed by atoms with E-state index in [1.807, 2.05) is 35.7 Å². The fourth-order valence-corrected chi connectivity index (χ4v) is 2.99. The van der Waals surface area contributed by atoms with Gasteiger partial charge in [0.15, 0.2) is 0 Å². The van der Waals surface area contributed by atoms with Crippen molar-refractivity contribution in [2.45, 2.75) is 6.61 Å². The molecule has 0 N–H and O–H groups in total. The first-order valence-corrected chi connectivity index (χ1v) is 8.33. The summed E-state index contributed by atoms with van der Waals surface area (Å²) in [5, 5.41) is 11.6. The van der Waals surface area contributed by atoms with Crippen LogP contribution in [0.5, 0.6) is 5.75 Å². The van der Waals surface area contributed by atoms with Gasteiger partial charge in [0, 0.05) is 10.9 Å². The Kier molecular flexibility index (Phi) is 5.07. The molecule has 0 aliphatic rings. The van der Waals surface area contributed by atoms with Crippen LogP contribution in [0.3, 0.4) is 0 Å². The number of nitrogens with zero attached hydrogens (tertiary/aromatic N) is 2. The van der Waals surface area contributed by atoms with Crippen molar-refractivity contribution in [1.82, 2.24) is 4.98 Å². The SMILES string of the molecule is COc1ccc(-c2nc(COC(=O)c3cccc(C#N)c3)cs2)cc1. The zero-order valence-corrected chi connectivity index (χ0v) is 14.2. The van der Waals surface area contributed by atoms with Crippen LogP contribution in [0.1, 0.15) is 21.6 Å². The van der Waals surface area contributed by atoms with Crippen molar-refractivity contribution in [3.63, 3.8) is 0 Å². The third kappa shape index (κ3) is 4.03. The molecule has 3 aromatic rings. The lowest BCUT2D eigenvalue weighted by Crippen LogP contribution is -2.05. The summed E-state index contributed by atoms with van der Waals surface area (Å²) in [6.07, 6.45) is 0. The number of nitriles is 1. The Bertz CT molecular complexity index is 926. The number of hydrogen-bond donors (Lipinski definition) is 0. The standard InChI is InChI=1S/C19H14N2O3S/c1-23-17-7-5-14(6-8-17)18-21-16(12-25-18)11-24-19(22)15-4-2-3-13(9-15)10-20/h2-9,12H,11H2,1H3. The molecule has 0 amide bonds. The topological polar surface area (TPSA) is 72.2 Å². The van der Waals surface area contributed by atoms with Crippen molar-refractivity contribution < 1.29 is 14.3 Å². The molecular formula is C19H14N2O3S. The van der Waals surface area contributed by atoms with Crippen LogP contribution in [0.2, 0.25) is 0 Å². The first-order chi connectivity index (χ1) is 12.2. The van der Waals surface area contributed by atoms with Crippen molar-refractivity contribution in [2.75, 3.05) is 7.11 Å². The highest BCUT2D eigenvalue weighted by Gasteiger charge is 2.10. The molecule has 0 bridgehead atoms. The van der Waals surface area contributed by atoms with E-state index in [1.54, 1.807) is 25.3 Å². The molecule has 2 aromatic carbocycles. The quantitative estimate of drug-likeness (QED) is 0.649. The number of carbonyl (C=O) groups excluding carboxylic acids is 1. The molecule has 0 unspecified atom stereocenters. The van der Waals surface area contributed by atoms with E-state index in [9.17, 15) is 4.79 Å². The molecule has 0 fully saturated rings. The number of rotatable bonds is 5. The van der Waals surface area contributed by atoms with Crippen molar-refractivity contribution in [1.29, 1.82) is 5.26 Å². The molecular weight excluding hydrogens is 336 g/mol. The highest BCUT2D eigenvalue weighted by atomic mass is 32.1. The summed E-state index contributed by atoms with van der Waals surface area (Å²) >= 11 is 1.48. The molecule has 1 aromatic heterocycles. The average molecular weight is 350 g/mol. The zero-order chi connectivity index (χ0) is 17.6. The molecule has 0 spiro atoms. The van der Waals surface area contributed by atoms with E-state index in [2.05, 4.69) is 4.98 Å². The van der Waals surface area contributed by atoms with Gasteiger partial charge >= 0.3 is 5.97 Å². The van der Waals surface area contributed by atoms with Gasteiger partial charge in [0.25, 0.3) is 0 Å². The third-order valence-corrected chi connectivity index (χ3v) is 4.41. The summed E-state index contributed by atoms with van der Waals surface area (Å²) < 4.78 is 10.4. The molecule has 5 nitrogen and oxygen atoms in total. The number of aromatic nitrogens is 1. The Hall–Kier alpha value is -3.17. The largest absolute Gasteiger partial charge is 0.497 e. The number of ether oxygens (including phenoxy) is 2. The highest BCUT2D eigenvalue weighted by Crippen LogP contribution is 2.26. The predicted molar refractivity (Wildman–Crippen MR) is 94.4 cm³/mol. The normalized spacial score (nSPS) is 10.1. The minimum Gasteiger partial charge on any atom is -0.497 e. The van der Waals surface area contributed by atoms with Crippen LogP contribution >= 0.6 is 11.3 Å². The Morgan fingerprint density at radius 3 is 2.76 bits per heavy atom. The number of thiazole rings is 1. The van der Waals surface area contributed by atoms with Crippen LogP contribution in [0.15, 0.2) is 53.9 Å². The van der Waals surface area contributed by atoms with Crippen LogP contribution in [0, 0.1) is 11.3 Å². The summed E-state index contributed by atoms with van der Waals surface area (Å²) in [4.78, 5) is 16.5. The second-order valence-electron chi connectivity index (χ2n) is 5.14. The van der Waals surface area contributed by atoms with Gasteiger partial charge in [0.1, 0.15) is 17.4 Å². The van der Waals surface area contributed by atoms with E-state index in [0.29, 0.717) is 16.8 Å². The van der Waals surface area contributed by atoms with Gasteiger partial charge in [-0.15, -0.1) is 11.3 Å². The molecule has 124 valence electrons. The molecule has 0 aliphatic heterocycles. The lowest BCUT2D eigenvalue weighted by Gasteiger charge is -2.03. The number of carbonyl (C=O) groups is 1. The Morgan fingerprint density at radius 1 is 1.24 bits per heavy atom. The van der Waals surface area contributed by atoms with E-state index in [-0.39, 0.29) is 6.61 Å². The average Bonchev–Trinajstić information content (AvgIpc) is 3.15. The number of esters is 1. The van der Waals surface area contributed by atoms with E-state index in [4.69, 9.17) is 14.7 Å². The second kappa shape index (κ2) is 7.60. The molecule has 1 heterocycles. The maximum Gasteiger partial charge on any atom is 0.338 e. The fraction of sp³-hybridized carbons (Fsp3) is 0.105. The van der Waals surface area contributed by atoms with Gasteiger partial charge in [-0.3, -0.25) is 0 Å². The van der Waals surface area contributed by atoms with Crippen LogP contribution < -0.4 is 4.74 Å². The van der Waals surface area contributed by atoms with E-state index in [0.717, 1.165) is 16.3 Å². The lowest BCUT2D eigenvalue weighted by atomic mass is 10.1. The predicted octanol–water partition coefficient (Wildman–Crippen LogP) is 4.05. The van der Waals surface area contributed by atoms with Gasteiger partial charge < -0.3 is 9.47 Å². The number of methoxy groups -OCH3 is 1. The van der Waals surface area contributed by atoms with Crippen LogP contribution in [0.4, 0.5) is 0 Å². The molecule has 25 heavy (non-hydrogen) atoms. The van der Waals surface area contributed by atoms with E-state index >= 15 is 0 Å². The number of benzene rings is 2. The first-order valence-electron chi connectivity index (χ1n) is 7.45. The fourth-order valence-electron chi connectivity index (χ4n) is 2.18. The van der Waals surface area contributed by atoms with Crippen molar-refractivity contribution >= 4 is 17.3 Å². The monoisotopic (exact) mass is 350 g/mol. The van der Waals surface area contributed by atoms with Crippen molar-refractivity contribution in [2.24, 2.45) is 0 Å². The van der Waals surface area contributed by atoms with Gasteiger partial charge in [0.2, 0.25) is 0 Å². The zero-order valence-electron chi connectivity index (χ0n) is 13.4. The van der Waals surface area contributed by atoms with Gasteiger partial charge in [-0.25, -0.2) is 9.78 Å². The molecule has 3 rings (SSSR count). The lowest BCUT2D eigenvalue weighted by molar-refractivity contribution is 0.0468. The minimum absolute atomic E-state index is 0.0856. The first kappa shape index (κ1) is 16.7. The van der Waals surface area contributed by atoms with Crippen molar-refractivity contribution in [3.8, 4) is 22.4 Å². The third-order valence-electron chi connectivity index (χ3n) is 3.47. The van der Waals surface area contributed by atoms with Gasteiger partial charge in [-0.1, -0.05) is 6.07 Å². The smallest absolute Gasteiger partial charge is 0.338 e. The maximum atomic E-state index is 12.1. The number of hydrogen-bond acceptors (Lipinski definition) is 6. The molecule has 6 heteroatoms. The van der Waals surface area contributed by atoms with E-state index in [1.165, 1.54) is 17.4 Å². The highest BCUT2D eigenvalue weighted by molar-refractivity contribution is 7.13. The summed E-state index contributed by atoms with van der Waals surface area (Å²) in [7, 11) is 1.62. The van der Waals surface area contributed by atoms with Gasteiger partial charge in [-0.05, 0) is 42.5 Å². The van der Waals surface area contributed by atoms with E-state index < -0.39 is 5.97 Å². The second-order valence-corrected chi connectivity index (χ2v) is 6.00. The Labute approximate surface area is 149 Å². The van der Waals surface area contributed by atoms with Crippen molar-refractivity contribution in [3.05, 3.63) is 70.7 Å². The summed E-state index contributed by atoms with van der Waals surface area (Å²) in [6, 6.07) is 16.0. The summed E-state index contributed by atoms with van der Waals surface area (Å²) in [5.41, 5.74) is 2.43. The maximum absolute atomic E-state index is 12.1. The summed E-state index contributed by atoms with van der Waals surface area (Å²) in [5.74, 6) is 0.310. The van der Waals surface area contributed by atoms with Crippen LogP contribution in [0.25, 0.3) is 10.6 Å². The van der Waals surface area contributed by atoms with Gasteiger partial charge in [0.05, 0.1) is 30.0 Å². The molecule has 0 radical (unpaired) electrons. The molecule has 0 saturated heterocycles. The molecule has 0 aliphatic carbocycles. The van der Waals surface area contributed by atoms with Crippen LogP contribution in [-0.4, -0.2) is 18.1 Å².